The van der Waals surface area contributed by atoms with Crippen LogP contribution in [-0.2, 0) is 9.47 Å². The van der Waals surface area contributed by atoms with E-state index in [2.05, 4.69) is 27.7 Å². The molecule has 2 fully saturated rings. The van der Waals surface area contributed by atoms with Crippen LogP contribution in [0.3, 0.4) is 0 Å². The molecule has 2 aliphatic rings. The minimum atomic E-state index is -0.169. The van der Waals surface area contributed by atoms with Crippen molar-refractivity contribution in [2.24, 2.45) is 22.7 Å². The van der Waals surface area contributed by atoms with Gasteiger partial charge in [0.15, 0.2) is 0 Å². The van der Waals surface area contributed by atoms with E-state index in [1.54, 1.807) is 7.11 Å². The number of ether oxygens (including phenoxy) is 2. The second-order valence-electron chi connectivity index (χ2n) is 8.37. The lowest BCUT2D eigenvalue weighted by molar-refractivity contribution is -0.223. The summed E-state index contributed by atoms with van der Waals surface area (Å²) in [5.41, 5.74) is 0.506. The van der Waals surface area contributed by atoms with Crippen molar-refractivity contribution in [3.63, 3.8) is 0 Å². The smallest absolute Gasteiger partial charge is 0.147 e. The first-order valence-electron chi connectivity index (χ1n) is 8.54. The highest BCUT2D eigenvalue weighted by atomic mass is 16.7. The van der Waals surface area contributed by atoms with E-state index in [9.17, 15) is 5.11 Å². The van der Waals surface area contributed by atoms with Crippen molar-refractivity contribution in [3.05, 3.63) is 0 Å². The molecule has 0 aromatic rings. The van der Waals surface area contributed by atoms with Gasteiger partial charge in [-0.05, 0) is 61.7 Å². The Hall–Kier alpha value is -0.120. The first-order valence-corrected chi connectivity index (χ1v) is 8.54. The van der Waals surface area contributed by atoms with Gasteiger partial charge in [-0.2, -0.15) is 0 Å². The van der Waals surface area contributed by atoms with Crippen LogP contribution in [0.1, 0.15) is 66.2 Å². The molecule has 124 valence electrons. The van der Waals surface area contributed by atoms with E-state index in [1.165, 1.54) is 25.7 Å². The van der Waals surface area contributed by atoms with E-state index >= 15 is 0 Å². The minimum Gasteiger partial charge on any atom is -0.396 e. The van der Waals surface area contributed by atoms with Crippen molar-refractivity contribution in [2.45, 2.75) is 71.8 Å². The van der Waals surface area contributed by atoms with Crippen LogP contribution in [0, 0.1) is 22.7 Å². The molecular formula is C18H34O3. The van der Waals surface area contributed by atoms with Crippen LogP contribution in [0.25, 0.3) is 0 Å². The Morgan fingerprint density at radius 3 is 2.43 bits per heavy atom. The molecule has 0 aromatic heterocycles. The summed E-state index contributed by atoms with van der Waals surface area (Å²) < 4.78 is 11.3. The predicted molar refractivity (Wildman–Crippen MR) is 85.0 cm³/mol. The molecule has 21 heavy (non-hydrogen) atoms. The van der Waals surface area contributed by atoms with Gasteiger partial charge >= 0.3 is 0 Å². The van der Waals surface area contributed by atoms with Crippen LogP contribution in [0.2, 0.25) is 0 Å². The van der Waals surface area contributed by atoms with E-state index in [1.807, 2.05) is 0 Å². The summed E-state index contributed by atoms with van der Waals surface area (Å²) in [6.45, 7) is 10.2. The molecule has 0 bridgehead atoms. The second kappa shape index (κ2) is 6.17. The van der Waals surface area contributed by atoms with Gasteiger partial charge in [-0.1, -0.05) is 27.2 Å². The summed E-state index contributed by atoms with van der Waals surface area (Å²) in [5.74, 6) is 1.14. The van der Waals surface area contributed by atoms with Crippen LogP contribution in [-0.4, -0.2) is 31.2 Å². The maximum Gasteiger partial charge on any atom is 0.147 e. The lowest BCUT2D eigenvalue weighted by atomic mass is 9.45. The maximum absolute atomic E-state index is 9.62. The minimum absolute atomic E-state index is 0.169. The van der Waals surface area contributed by atoms with Gasteiger partial charge in [-0.3, -0.25) is 0 Å². The van der Waals surface area contributed by atoms with E-state index in [-0.39, 0.29) is 17.6 Å². The highest BCUT2D eigenvalue weighted by Crippen LogP contribution is 2.63. The molecule has 3 nitrogen and oxygen atoms in total. The fraction of sp³-hybridized carbons (Fsp3) is 1.00. The summed E-state index contributed by atoms with van der Waals surface area (Å²) in [6, 6.07) is 0. The zero-order valence-electron chi connectivity index (χ0n) is 14.6. The Morgan fingerprint density at radius 2 is 1.81 bits per heavy atom. The average Bonchev–Trinajstić information content (AvgIpc) is 2.40. The second-order valence-corrected chi connectivity index (χ2v) is 8.37. The Kier molecular flexibility index (Phi) is 5.07. The van der Waals surface area contributed by atoms with Crippen LogP contribution in [0.5, 0.6) is 0 Å². The zero-order chi connectivity index (χ0) is 15.7. The summed E-state index contributed by atoms with van der Waals surface area (Å²) >= 11 is 0. The third kappa shape index (κ3) is 3.02. The lowest BCUT2D eigenvalue weighted by Crippen LogP contribution is -2.58. The molecule has 0 aliphatic heterocycles. The molecule has 0 spiro atoms. The zero-order valence-corrected chi connectivity index (χ0v) is 14.6. The number of hydrogen-bond acceptors (Lipinski definition) is 3. The van der Waals surface area contributed by atoms with Crippen LogP contribution < -0.4 is 0 Å². The molecule has 0 amide bonds. The molecule has 0 radical (unpaired) electrons. The van der Waals surface area contributed by atoms with Gasteiger partial charge in [0.05, 0.1) is 5.60 Å². The average molecular weight is 298 g/mol. The van der Waals surface area contributed by atoms with Gasteiger partial charge in [0.2, 0.25) is 0 Å². The predicted octanol–water partition coefficient (Wildman–Crippen LogP) is 3.99. The third-order valence-corrected chi connectivity index (χ3v) is 6.66. The molecule has 0 saturated heterocycles. The quantitative estimate of drug-likeness (QED) is 0.780. The van der Waals surface area contributed by atoms with Gasteiger partial charge in [-0.25, -0.2) is 0 Å². The molecule has 4 atom stereocenters. The van der Waals surface area contributed by atoms with Gasteiger partial charge in [0.1, 0.15) is 6.79 Å². The fourth-order valence-electron chi connectivity index (χ4n) is 5.74. The van der Waals surface area contributed by atoms with Gasteiger partial charge in [0, 0.05) is 13.7 Å². The molecule has 1 N–H and O–H groups in total. The molecular weight excluding hydrogens is 264 g/mol. The highest BCUT2D eigenvalue weighted by molar-refractivity contribution is 5.07. The van der Waals surface area contributed by atoms with Crippen molar-refractivity contribution in [1.29, 1.82) is 0 Å². The summed E-state index contributed by atoms with van der Waals surface area (Å²) in [4.78, 5) is 0. The molecule has 2 rings (SSSR count). The molecule has 2 saturated carbocycles. The van der Waals surface area contributed by atoms with Crippen LogP contribution in [0.4, 0.5) is 0 Å². The number of fused-ring (bicyclic) bond motifs is 1. The largest absolute Gasteiger partial charge is 0.396 e. The summed E-state index contributed by atoms with van der Waals surface area (Å²) in [5, 5.41) is 9.62. The van der Waals surface area contributed by atoms with Crippen molar-refractivity contribution < 1.29 is 14.6 Å². The van der Waals surface area contributed by atoms with Gasteiger partial charge in [-0.15, -0.1) is 0 Å². The Balaban J connectivity index is 2.31. The van der Waals surface area contributed by atoms with Crippen molar-refractivity contribution in [3.8, 4) is 0 Å². The standard InChI is InChI=1S/C18H34O3/c1-16(2)9-6-10-17(3)14(16)7-11-18(4,21-13-20-5)15(17)8-12-19/h14-15,19H,6-13H2,1-5H3/t14-,15+,17-,18+/m0/s1. The Bertz CT molecular complexity index is 354. The van der Waals surface area contributed by atoms with Gasteiger partial charge in [0.25, 0.3) is 0 Å². The van der Waals surface area contributed by atoms with Gasteiger partial charge < -0.3 is 14.6 Å². The van der Waals surface area contributed by atoms with Crippen molar-refractivity contribution in [1.82, 2.24) is 0 Å². The molecule has 0 unspecified atom stereocenters. The van der Waals surface area contributed by atoms with E-state index in [0.29, 0.717) is 18.1 Å². The molecule has 0 heterocycles. The number of aliphatic hydroxyl groups excluding tert-OH is 1. The molecule has 0 aromatic carbocycles. The first-order chi connectivity index (χ1) is 9.80. The topological polar surface area (TPSA) is 38.7 Å². The van der Waals surface area contributed by atoms with Crippen LogP contribution in [0.15, 0.2) is 0 Å². The first kappa shape index (κ1) is 17.2. The maximum atomic E-state index is 9.62. The summed E-state index contributed by atoms with van der Waals surface area (Å²) in [6.07, 6.45) is 7.02. The SMILES string of the molecule is COCO[C@]1(C)CC[C@H]2C(C)(C)CCC[C@]2(C)[C@H]1CCO. The molecule has 2 aliphatic carbocycles. The Morgan fingerprint density at radius 1 is 1.10 bits per heavy atom. The number of methoxy groups -OCH3 is 1. The monoisotopic (exact) mass is 298 g/mol. The lowest BCUT2D eigenvalue weighted by Gasteiger charge is -2.62. The highest BCUT2D eigenvalue weighted by Gasteiger charge is 2.58. The van der Waals surface area contributed by atoms with E-state index in [4.69, 9.17) is 9.47 Å². The van der Waals surface area contributed by atoms with Crippen LogP contribution >= 0.6 is 0 Å². The van der Waals surface area contributed by atoms with Crippen molar-refractivity contribution in [2.75, 3.05) is 20.5 Å². The normalized spacial score (nSPS) is 42.6. The number of rotatable bonds is 5. The Labute approximate surface area is 130 Å². The number of hydrogen-bond donors (Lipinski definition) is 1. The number of aliphatic hydroxyl groups is 1. The van der Waals surface area contributed by atoms with E-state index in [0.717, 1.165) is 18.8 Å². The molecule has 3 heteroatoms. The summed E-state index contributed by atoms with van der Waals surface area (Å²) in [7, 11) is 1.68. The van der Waals surface area contributed by atoms with E-state index < -0.39 is 0 Å². The third-order valence-electron chi connectivity index (χ3n) is 6.66. The van der Waals surface area contributed by atoms with Crippen molar-refractivity contribution >= 4 is 0 Å². The fourth-order valence-corrected chi connectivity index (χ4v) is 5.74.